The lowest BCUT2D eigenvalue weighted by Gasteiger charge is -2.27. The Bertz CT molecular complexity index is 1860. The molecule has 0 spiro atoms. The maximum Gasteiger partial charge on any atom is 0.271 e. The van der Waals surface area contributed by atoms with Crippen molar-refractivity contribution in [3.8, 4) is 34.5 Å². The monoisotopic (exact) mass is 570 g/mol. The Morgan fingerprint density at radius 1 is 1.07 bits per heavy atom. The van der Waals surface area contributed by atoms with Gasteiger partial charge in [0.15, 0.2) is 0 Å². The Labute approximate surface area is 250 Å². The van der Waals surface area contributed by atoms with Gasteiger partial charge in [0.25, 0.3) is 11.8 Å². The Morgan fingerprint density at radius 3 is 2.51 bits per heavy atom. The van der Waals surface area contributed by atoms with E-state index in [1.54, 1.807) is 49.1 Å². The predicted molar refractivity (Wildman–Crippen MR) is 162 cm³/mol. The average molecular weight is 571 g/mol. The summed E-state index contributed by atoms with van der Waals surface area (Å²) in [5, 5.41) is 14.9. The van der Waals surface area contributed by atoms with Crippen molar-refractivity contribution in [3.63, 3.8) is 0 Å². The molecule has 2 aliphatic heterocycles. The topological polar surface area (TPSA) is 97.5 Å². The minimum absolute atomic E-state index is 0.0236. The molecule has 8 nitrogen and oxygen atoms in total. The Kier molecular flexibility index (Phi) is 7.16. The van der Waals surface area contributed by atoms with Crippen LogP contribution in [-0.4, -0.2) is 39.7 Å². The van der Waals surface area contributed by atoms with Crippen molar-refractivity contribution >= 4 is 17.9 Å². The number of carbonyl (C=O) groups is 2. The molecular formula is C35H30N4O4. The van der Waals surface area contributed by atoms with Crippen LogP contribution in [-0.2, 0) is 22.6 Å². The molecule has 1 atom stereocenters. The van der Waals surface area contributed by atoms with Gasteiger partial charge in [-0.25, -0.2) is 4.68 Å². The number of nitrogens with zero attached hydrogens (tertiary/aromatic N) is 4. The summed E-state index contributed by atoms with van der Waals surface area (Å²) in [5.74, 6) is 0.496. The zero-order chi connectivity index (χ0) is 30.2. The molecule has 0 saturated heterocycles. The van der Waals surface area contributed by atoms with E-state index < -0.39 is 11.8 Å². The van der Waals surface area contributed by atoms with Crippen LogP contribution in [0.4, 0.5) is 0 Å². The van der Waals surface area contributed by atoms with Gasteiger partial charge in [-0.1, -0.05) is 30.3 Å². The van der Waals surface area contributed by atoms with Gasteiger partial charge in [-0.2, -0.15) is 10.4 Å². The van der Waals surface area contributed by atoms with E-state index in [1.807, 2.05) is 55.6 Å². The highest BCUT2D eigenvalue weighted by molar-refractivity contribution is 6.19. The molecule has 0 fully saturated rings. The van der Waals surface area contributed by atoms with Crippen molar-refractivity contribution in [3.05, 3.63) is 112 Å². The minimum atomic E-state index is -0.610. The van der Waals surface area contributed by atoms with Crippen LogP contribution in [0.2, 0.25) is 0 Å². The second kappa shape index (κ2) is 11.1. The number of carbonyl (C=O) groups excluding carboxylic acids is 2. The molecule has 1 aromatic heterocycles. The van der Waals surface area contributed by atoms with E-state index in [9.17, 15) is 14.9 Å². The molecular weight excluding hydrogens is 540 g/mol. The second-order valence-corrected chi connectivity index (χ2v) is 10.8. The number of aryl methyl sites for hydroxylation is 1. The molecule has 3 aromatic carbocycles. The number of amides is 2. The molecule has 2 amide bonds. The SMILES string of the molecule is COc1ccc(CN2C(=O)C(C#N)=C(C)/C(=C\c3cn(-c4ccccc4)nc3-c3cc(C)c4c(c3)CC(C)O4)C2=O)cc1. The van der Waals surface area contributed by atoms with Gasteiger partial charge in [-0.15, -0.1) is 0 Å². The fourth-order valence-corrected chi connectivity index (χ4v) is 5.63. The van der Waals surface area contributed by atoms with Crippen molar-refractivity contribution in [2.45, 2.75) is 39.8 Å². The Hall–Kier alpha value is -5.42. The van der Waals surface area contributed by atoms with E-state index >= 15 is 0 Å². The molecule has 214 valence electrons. The number of fused-ring (bicyclic) bond motifs is 1. The van der Waals surface area contributed by atoms with Crippen LogP contribution >= 0.6 is 0 Å². The van der Waals surface area contributed by atoms with E-state index in [2.05, 4.69) is 13.0 Å². The highest BCUT2D eigenvalue weighted by Gasteiger charge is 2.36. The lowest BCUT2D eigenvalue weighted by Crippen LogP contribution is -2.42. The molecule has 0 N–H and O–H groups in total. The van der Waals surface area contributed by atoms with Gasteiger partial charge in [0.1, 0.15) is 29.2 Å². The zero-order valence-corrected chi connectivity index (χ0v) is 24.4. The van der Waals surface area contributed by atoms with Crippen molar-refractivity contribution in [1.82, 2.24) is 14.7 Å². The summed E-state index contributed by atoms with van der Waals surface area (Å²) in [5.41, 5.74) is 6.54. The van der Waals surface area contributed by atoms with Crippen LogP contribution in [0.3, 0.4) is 0 Å². The number of hydrogen-bond donors (Lipinski definition) is 0. The summed E-state index contributed by atoms with van der Waals surface area (Å²) in [6.45, 7) is 5.74. The molecule has 6 rings (SSSR count). The van der Waals surface area contributed by atoms with E-state index in [-0.39, 0.29) is 23.8 Å². The number of aromatic nitrogens is 2. The van der Waals surface area contributed by atoms with Gasteiger partial charge in [-0.05, 0) is 85.5 Å². The van der Waals surface area contributed by atoms with Crippen LogP contribution in [0.15, 0.2) is 89.6 Å². The lowest BCUT2D eigenvalue weighted by molar-refractivity contribution is -0.141. The quantitative estimate of drug-likeness (QED) is 0.209. The van der Waals surface area contributed by atoms with Crippen molar-refractivity contribution in [2.75, 3.05) is 7.11 Å². The van der Waals surface area contributed by atoms with E-state index in [4.69, 9.17) is 14.6 Å². The number of hydrogen-bond acceptors (Lipinski definition) is 6. The molecule has 0 aliphatic carbocycles. The highest BCUT2D eigenvalue weighted by atomic mass is 16.5. The summed E-state index contributed by atoms with van der Waals surface area (Å²) in [6, 6.07) is 23.0. The standard InChI is InChI=1S/C35H30N4O4/c1-21-14-25(16-26-15-22(2)43-33(21)26)32-27(20-39(37-32)28-8-6-5-7-9-28)17-30-23(3)31(18-36)35(41)38(34(30)40)19-24-10-12-29(42-4)13-11-24/h5-14,16-17,20,22H,15,19H2,1-4H3/b30-17+. The highest BCUT2D eigenvalue weighted by Crippen LogP contribution is 2.38. The summed E-state index contributed by atoms with van der Waals surface area (Å²) >= 11 is 0. The third-order valence-electron chi connectivity index (χ3n) is 7.84. The number of ether oxygens (including phenoxy) is 2. The number of nitriles is 1. The van der Waals surface area contributed by atoms with Gasteiger partial charge >= 0.3 is 0 Å². The number of methoxy groups -OCH3 is 1. The maximum absolute atomic E-state index is 13.9. The van der Waals surface area contributed by atoms with Crippen LogP contribution in [0.5, 0.6) is 11.5 Å². The van der Waals surface area contributed by atoms with E-state index in [1.165, 1.54) is 0 Å². The molecule has 1 unspecified atom stereocenters. The second-order valence-electron chi connectivity index (χ2n) is 10.8. The van der Waals surface area contributed by atoms with E-state index in [0.29, 0.717) is 22.6 Å². The van der Waals surface area contributed by atoms with Crippen molar-refractivity contribution in [2.24, 2.45) is 0 Å². The third kappa shape index (κ3) is 5.10. The molecule has 8 heteroatoms. The summed E-state index contributed by atoms with van der Waals surface area (Å²) in [4.78, 5) is 28.4. The van der Waals surface area contributed by atoms with Gasteiger partial charge in [0, 0.05) is 29.3 Å². The third-order valence-corrected chi connectivity index (χ3v) is 7.84. The molecule has 43 heavy (non-hydrogen) atoms. The zero-order valence-electron chi connectivity index (χ0n) is 24.4. The van der Waals surface area contributed by atoms with Gasteiger partial charge in [0.2, 0.25) is 0 Å². The lowest BCUT2D eigenvalue weighted by atomic mass is 9.92. The first-order chi connectivity index (χ1) is 20.8. The normalized spacial score (nSPS) is 17.2. The largest absolute Gasteiger partial charge is 0.497 e. The van der Waals surface area contributed by atoms with Crippen LogP contribution < -0.4 is 9.47 Å². The van der Waals surface area contributed by atoms with E-state index in [0.717, 1.165) is 45.0 Å². The molecule has 4 aromatic rings. The fourth-order valence-electron chi connectivity index (χ4n) is 5.63. The smallest absolute Gasteiger partial charge is 0.271 e. The minimum Gasteiger partial charge on any atom is -0.497 e. The fraction of sp³-hybridized carbons (Fsp3) is 0.200. The maximum atomic E-state index is 13.9. The Balaban J connectivity index is 1.48. The first-order valence-electron chi connectivity index (χ1n) is 14.0. The Morgan fingerprint density at radius 2 is 1.81 bits per heavy atom. The summed E-state index contributed by atoms with van der Waals surface area (Å²) in [7, 11) is 1.57. The first kappa shape index (κ1) is 27.7. The molecule has 0 saturated carbocycles. The van der Waals surface area contributed by atoms with Gasteiger partial charge < -0.3 is 9.47 Å². The summed E-state index contributed by atoms with van der Waals surface area (Å²) in [6.07, 6.45) is 4.51. The number of imide groups is 1. The van der Waals surface area contributed by atoms with Gasteiger partial charge in [-0.3, -0.25) is 14.5 Å². The molecule has 2 aliphatic rings. The van der Waals surface area contributed by atoms with Crippen molar-refractivity contribution in [1.29, 1.82) is 5.26 Å². The average Bonchev–Trinajstić information content (AvgIpc) is 3.62. The van der Waals surface area contributed by atoms with Gasteiger partial charge in [0.05, 0.1) is 25.0 Å². The number of rotatable bonds is 6. The number of benzene rings is 3. The number of para-hydroxylation sites is 1. The molecule has 0 bridgehead atoms. The van der Waals surface area contributed by atoms with Crippen LogP contribution in [0.25, 0.3) is 23.0 Å². The van der Waals surface area contributed by atoms with Crippen LogP contribution in [0.1, 0.15) is 36.1 Å². The van der Waals surface area contributed by atoms with Crippen molar-refractivity contribution < 1.29 is 19.1 Å². The molecule has 0 radical (unpaired) electrons. The predicted octanol–water partition coefficient (Wildman–Crippen LogP) is 5.97. The van der Waals surface area contributed by atoms with Crippen LogP contribution in [0, 0.1) is 18.3 Å². The first-order valence-corrected chi connectivity index (χ1v) is 14.0. The molecule has 3 heterocycles. The summed E-state index contributed by atoms with van der Waals surface area (Å²) < 4.78 is 13.0.